The topological polar surface area (TPSA) is 76.9 Å². The van der Waals surface area contributed by atoms with Crippen LogP contribution in [0.4, 0.5) is 0 Å². The molecule has 0 amide bonds. The van der Waals surface area contributed by atoms with Crippen molar-refractivity contribution in [1.29, 1.82) is 5.26 Å². The fourth-order valence-electron chi connectivity index (χ4n) is 1.37. The molecule has 0 saturated heterocycles. The van der Waals surface area contributed by atoms with Gasteiger partial charge in [0.1, 0.15) is 17.4 Å². The Morgan fingerprint density at radius 1 is 1.12 bits per heavy atom. The number of nitrogens with zero attached hydrogens (tertiary/aromatic N) is 1. The second-order valence-corrected chi connectivity index (χ2v) is 3.27. The first-order chi connectivity index (χ1) is 7.70. The van der Waals surface area contributed by atoms with Crippen LogP contribution >= 0.6 is 0 Å². The van der Waals surface area contributed by atoms with Gasteiger partial charge in [0, 0.05) is 5.69 Å². The lowest BCUT2D eigenvalue weighted by Crippen LogP contribution is -2.09. The second kappa shape index (κ2) is 3.91. The summed E-state index contributed by atoms with van der Waals surface area (Å²) in [6.07, 6.45) is 0. The molecule has 2 rings (SSSR count). The van der Waals surface area contributed by atoms with Crippen molar-refractivity contribution in [2.75, 3.05) is 0 Å². The SMILES string of the molecule is N#Cc1ccc(-c2ccc(O)cc2)[nH]c1=O. The van der Waals surface area contributed by atoms with E-state index in [9.17, 15) is 4.79 Å². The lowest BCUT2D eigenvalue weighted by atomic mass is 10.1. The van der Waals surface area contributed by atoms with Crippen LogP contribution in [0.5, 0.6) is 5.75 Å². The maximum absolute atomic E-state index is 11.4. The average molecular weight is 212 g/mol. The van der Waals surface area contributed by atoms with Crippen LogP contribution in [-0.4, -0.2) is 10.1 Å². The number of pyridine rings is 1. The molecule has 2 N–H and O–H groups in total. The van der Waals surface area contributed by atoms with Gasteiger partial charge in [-0.1, -0.05) is 0 Å². The number of aromatic nitrogens is 1. The first-order valence-electron chi connectivity index (χ1n) is 4.63. The summed E-state index contributed by atoms with van der Waals surface area (Å²) in [5, 5.41) is 17.7. The third kappa shape index (κ3) is 1.79. The summed E-state index contributed by atoms with van der Waals surface area (Å²) in [5.74, 6) is 0.166. The van der Waals surface area contributed by atoms with E-state index in [4.69, 9.17) is 10.4 Å². The van der Waals surface area contributed by atoms with Gasteiger partial charge in [0.15, 0.2) is 0 Å². The molecule has 0 radical (unpaired) electrons. The summed E-state index contributed by atoms with van der Waals surface area (Å²) < 4.78 is 0. The number of benzene rings is 1. The lowest BCUT2D eigenvalue weighted by molar-refractivity contribution is 0.475. The maximum atomic E-state index is 11.4. The zero-order valence-electron chi connectivity index (χ0n) is 8.27. The minimum absolute atomic E-state index is 0.0857. The molecule has 1 aromatic heterocycles. The Hall–Kier alpha value is -2.54. The Kier molecular flexibility index (Phi) is 2.44. The number of nitriles is 1. The number of phenolic OH excluding ortho intramolecular Hbond substituents is 1. The first kappa shape index (κ1) is 9.99. The number of aromatic hydroxyl groups is 1. The third-order valence-corrected chi connectivity index (χ3v) is 2.21. The number of hydrogen-bond donors (Lipinski definition) is 2. The van der Waals surface area contributed by atoms with Crippen LogP contribution in [0.3, 0.4) is 0 Å². The first-order valence-corrected chi connectivity index (χ1v) is 4.63. The quantitative estimate of drug-likeness (QED) is 0.754. The fraction of sp³-hybridized carbons (Fsp3) is 0. The van der Waals surface area contributed by atoms with Crippen molar-refractivity contribution in [2.24, 2.45) is 0 Å². The molecule has 78 valence electrons. The number of hydrogen-bond acceptors (Lipinski definition) is 3. The Labute approximate surface area is 91.4 Å². The van der Waals surface area contributed by atoms with Crippen molar-refractivity contribution >= 4 is 0 Å². The van der Waals surface area contributed by atoms with E-state index < -0.39 is 5.56 Å². The summed E-state index contributed by atoms with van der Waals surface area (Å²) in [6.45, 7) is 0. The number of phenols is 1. The van der Waals surface area contributed by atoms with Gasteiger partial charge in [0.25, 0.3) is 5.56 Å². The van der Waals surface area contributed by atoms with E-state index in [0.717, 1.165) is 5.56 Å². The van der Waals surface area contributed by atoms with Crippen LogP contribution < -0.4 is 5.56 Å². The predicted octanol–water partition coefficient (Wildman–Crippen LogP) is 1.62. The largest absolute Gasteiger partial charge is 0.508 e. The Morgan fingerprint density at radius 2 is 1.81 bits per heavy atom. The fourth-order valence-corrected chi connectivity index (χ4v) is 1.37. The summed E-state index contributed by atoms with van der Waals surface area (Å²) in [4.78, 5) is 14.0. The zero-order valence-corrected chi connectivity index (χ0v) is 8.27. The molecule has 0 fully saturated rings. The zero-order chi connectivity index (χ0) is 11.5. The molecule has 1 heterocycles. The number of aromatic amines is 1. The summed E-state index contributed by atoms with van der Waals surface area (Å²) >= 11 is 0. The highest BCUT2D eigenvalue weighted by Crippen LogP contribution is 2.18. The van der Waals surface area contributed by atoms with Crippen molar-refractivity contribution < 1.29 is 5.11 Å². The lowest BCUT2D eigenvalue weighted by Gasteiger charge is -2.01. The molecule has 0 aliphatic heterocycles. The van der Waals surface area contributed by atoms with Gasteiger partial charge in [-0.3, -0.25) is 4.79 Å². The molecule has 0 bridgehead atoms. The molecular formula is C12H8N2O2. The van der Waals surface area contributed by atoms with E-state index >= 15 is 0 Å². The molecule has 0 aliphatic carbocycles. The van der Waals surface area contributed by atoms with Crippen molar-refractivity contribution in [3.05, 3.63) is 52.3 Å². The third-order valence-electron chi connectivity index (χ3n) is 2.21. The molecule has 4 nitrogen and oxygen atoms in total. The van der Waals surface area contributed by atoms with Crippen molar-refractivity contribution in [2.45, 2.75) is 0 Å². The molecule has 1 aromatic carbocycles. The Balaban J connectivity index is 2.50. The highest BCUT2D eigenvalue weighted by molar-refractivity contribution is 5.60. The van der Waals surface area contributed by atoms with Gasteiger partial charge in [-0.2, -0.15) is 5.26 Å². The molecule has 0 spiro atoms. The summed E-state index contributed by atoms with van der Waals surface area (Å²) in [6, 6.07) is 11.4. The average Bonchev–Trinajstić information content (AvgIpc) is 2.30. The summed E-state index contributed by atoms with van der Waals surface area (Å²) in [7, 11) is 0. The molecule has 0 atom stereocenters. The van der Waals surface area contributed by atoms with E-state index in [0.29, 0.717) is 5.69 Å². The van der Waals surface area contributed by atoms with Gasteiger partial charge in [0.05, 0.1) is 0 Å². The maximum Gasteiger partial charge on any atom is 0.266 e. The van der Waals surface area contributed by atoms with Crippen molar-refractivity contribution in [1.82, 2.24) is 4.98 Å². The molecule has 4 heteroatoms. The number of nitrogens with one attached hydrogen (secondary N) is 1. The standard InChI is InChI=1S/C12H8N2O2/c13-7-9-3-6-11(14-12(9)16)8-1-4-10(15)5-2-8/h1-6,15H,(H,14,16). The predicted molar refractivity (Wildman–Crippen MR) is 58.9 cm³/mol. The van der Waals surface area contributed by atoms with Crippen molar-refractivity contribution in [3.8, 4) is 23.1 Å². The minimum Gasteiger partial charge on any atom is -0.508 e. The highest BCUT2D eigenvalue weighted by Gasteiger charge is 2.02. The van der Waals surface area contributed by atoms with E-state index in [1.165, 1.54) is 18.2 Å². The Morgan fingerprint density at radius 3 is 2.38 bits per heavy atom. The van der Waals surface area contributed by atoms with Crippen LogP contribution in [-0.2, 0) is 0 Å². The van der Waals surface area contributed by atoms with Gasteiger partial charge in [-0.15, -0.1) is 0 Å². The van der Waals surface area contributed by atoms with E-state index in [1.807, 2.05) is 0 Å². The highest BCUT2D eigenvalue weighted by atomic mass is 16.3. The molecular weight excluding hydrogens is 204 g/mol. The monoisotopic (exact) mass is 212 g/mol. The van der Waals surface area contributed by atoms with Crippen LogP contribution in [0.25, 0.3) is 11.3 Å². The van der Waals surface area contributed by atoms with Gasteiger partial charge in [0.2, 0.25) is 0 Å². The van der Waals surface area contributed by atoms with Crippen LogP contribution in [0, 0.1) is 11.3 Å². The van der Waals surface area contributed by atoms with Gasteiger partial charge < -0.3 is 10.1 Å². The number of rotatable bonds is 1. The molecule has 2 aromatic rings. The normalized spacial score (nSPS) is 9.69. The van der Waals surface area contributed by atoms with Crippen LogP contribution in [0.1, 0.15) is 5.56 Å². The molecule has 16 heavy (non-hydrogen) atoms. The van der Waals surface area contributed by atoms with Crippen molar-refractivity contribution in [3.63, 3.8) is 0 Å². The number of H-pyrrole nitrogens is 1. The van der Waals surface area contributed by atoms with E-state index in [-0.39, 0.29) is 11.3 Å². The van der Waals surface area contributed by atoms with E-state index in [1.54, 1.807) is 24.3 Å². The van der Waals surface area contributed by atoms with E-state index in [2.05, 4.69) is 4.98 Å². The van der Waals surface area contributed by atoms with Gasteiger partial charge >= 0.3 is 0 Å². The van der Waals surface area contributed by atoms with Crippen LogP contribution in [0.2, 0.25) is 0 Å². The van der Waals surface area contributed by atoms with Crippen LogP contribution in [0.15, 0.2) is 41.2 Å². The molecule has 0 saturated carbocycles. The Bertz CT molecular complexity index is 606. The molecule has 0 aliphatic rings. The smallest absolute Gasteiger partial charge is 0.266 e. The minimum atomic E-state index is -0.409. The molecule has 0 unspecified atom stereocenters. The second-order valence-electron chi connectivity index (χ2n) is 3.27. The summed E-state index contributed by atoms with van der Waals surface area (Å²) in [5.41, 5.74) is 1.07. The van der Waals surface area contributed by atoms with Gasteiger partial charge in [-0.25, -0.2) is 0 Å². The van der Waals surface area contributed by atoms with Gasteiger partial charge in [-0.05, 0) is 42.0 Å².